The lowest BCUT2D eigenvalue weighted by atomic mass is 10.0. The fourth-order valence-electron chi connectivity index (χ4n) is 4.30. The van der Waals surface area contributed by atoms with E-state index in [9.17, 15) is 9.59 Å². The Morgan fingerprint density at radius 3 is 2.59 bits per heavy atom. The third kappa shape index (κ3) is 5.19. The molecule has 0 unspecified atom stereocenters. The lowest BCUT2D eigenvalue weighted by molar-refractivity contribution is 0.184. The Balaban J connectivity index is 1.53. The molecular formula is C26H32N4O2. The number of aryl methyl sites for hydroxylation is 2. The van der Waals surface area contributed by atoms with E-state index >= 15 is 0 Å². The highest BCUT2D eigenvalue weighted by atomic mass is 16.2. The summed E-state index contributed by atoms with van der Waals surface area (Å²) in [6, 6.07) is 15.7. The smallest absolute Gasteiger partial charge is 0.318 e. The number of pyridine rings is 1. The second-order valence-corrected chi connectivity index (χ2v) is 8.71. The minimum Gasteiger partial charge on any atom is -0.334 e. The maximum absolute atomic E-state index is 13.1. The largest absolute Gasteiger partial charge is 0.334 e. The summed E-state index contributed by atoms with van der Waals surface area (Å²) < 4.78 is 0. The quantitative estimate of drug-likeness (QED) is 0.594. The third-order valence-electron chi connectivity index (χ3n) is 6.45. The van der Waals surface area contributed by atoms with E-state index in [-0.39, 0.29) is 18.1 Å². The van der Waals surface area contributed by atoms with E-state index in [1.807, 2.05) is 56.3 Å². The van der Waals surface area contributed by atoms with E-state index in [0.717, 1.165) is 47.2 Å². The Morgan fingerprint density at radius 2 is 1.84 bits per heavy atom. The van der Waals surface area contributed by atoms with Gasteiger partial charge < -0.3 is 20.1 Å². The molecular weight excluding hydrogens is 400 g/mol. The number of hydrogen-bond acceptors (Lipinski definition) is 3. The molecule has 1 saturated heterocycles. The normalized spacial score (nSPS) is 14.1. The molecule has 1 aliphatic heterocycles. The number of urea groups is 1. The molecule has 1 aliphatic rings. The Kier molecular flexibility index (Phi) is 6.90. The lowest BCUT2D eigenvalue weighted by Crippen LogP contribution is -2.43. The van der Waals surface area contributed by atoms with Crippen molar-refractivity contribution in [3.05, 3.63) is 81.1 Å². The molecule has 0 aliphatic carbocycles. The van der Waals surface area contributed by atoms with E-state index in [2.05, 4.69) is 21.3 Å². The molecule has 0 atom stereocenters. The molecule has 4 rings (SSSR count). The lowest BCUT2D eigenvalue weighted by Gasteiger charge is -2.26. The summed E-state index contributed by atoms with van der Waals surface area (Å²) in [5.74, 6) is 0. The van der Waals surface area contributed by atoms with Gasteiger partial charge in [0, 0.05) is 25.2 Å². The first-order chi connectivity index (χ1) is 15.5. The number of carbonyl (C=O) groups is 1. The minimum absolute atomic E-state index is 0.131. The molecule has 168 valence electrons. The Labute approximate surface area is 189 Å². The molecule has 0 bridgehead atoms. The highest BCUT2D eigenvalue weighted by Gasteiger charge is 2.19. The number of benzene rings is 2. The van der Waals surface area contributed by atoms with Crippen molar-refractivity contribution in [1.82, 2.24) is 20.1 Å². The molecule has 0 spiro atoms. The monoisotopic (exact) mass is 432 g/mol. The first-order valence-electron chi connectivity index (χ1n) is 11.4. The number of aromatic amines is 1. The van der Waals surface area contributed by atoms with Gasteiger partial charge in [0.15, 0.2) is 0 Å². The van der Waals surface area contributed by atoms with Crippen LogP contribution in [0, 0.1) is 13.8 Å². The Morgan fingerprint density at radius 1 is 1.09 bits per heavy atom. The van der Waals surface area contributed by atoms with Crippen LogP contribution in [0.4, 0.5) is 4.79 Å². The van der Waals surface area contributed by atoms with Gasteiger partial charge in [-0.15, -0.1) is 0 Å². The van der Waals surface area contributed by atoms with Crippen LogP contribution in [-0.4, -0.2) is 47.0 Å². The van der Waals surface area contributed by atoms with E-state index in [4.69, 9.17) is 0 Å². The van der Waals surface area contributed by atoms with Crippen molar-refractivity contribution in [2.45, 2.75) is 39.8 Å². The van der Waals surface area contributed by atoms with Gasteiger partial charge in [-0.25, -0.2) is 4.79 Å². The van der Waals surface area contributed by atoms with Crippen LogP contribution in [0.3, 0.4) is 0 Å². The van der Waals surface area contributed by atoms with Gasteiger partial charge in [0.1, 0.15) is 0 Å². The molecule has 1 aromatic heterocycles. The van der Waals surface area contributed by atoms with Crippen LogP contribution in [0.25, 0.3) is 10.9 Å². The fourth-order valence-corrected chi connectivity index (χ4v) is 4.30. The molecule has 32 heavy (non-hydrogen) atoms. The summed E-state index contributed by atoms with van der Waals surface area (Å²) >= 11 is 0. The second-order valence-electron chi connectivity index (χ2n) is 8.71. The number of H-pyrrole nitrogens is 1. The van der Waals surface area contributed by atoms with Crippen LogP contribution in [0.15, 0.2) is 53.3 Å². The summed E-state index contributed by atoms with van der Waals surface area (Å²) in [6.45, 7) is 8.38. The predicted octanol–water partition coefficient (Wildman–Crippen LogP) is 3.95. The Bertz CT molecular complexity index is 1130. The zero-order valence-corrected chi connectivity index (χ0v) is 19.0. The standard InChI is InChI=1S/C26H32N4O2/c1-19-10-11-22-16-23(25(31)28-24(22)20(19)2)18-30(15-14-29-12-6-7-13-29)26(32)27-17-21-8-4-3-5-9-21/h3-5,8-11,16H,6-7,12-15,17-18H2,1-2H3,(H,27,32)(H,28,31). The molecule has 0 radical (unpaired) electrons. The Hall–Kier alpha value is -3.12. The maximum Gasteiger partial charge on any atom is 0.318 e. The SMILES string of the molecule is Cc1ccc2cc(CN(CCN3CCCC3)C(=O)NCc3ccccc3)c(=O)[nH]c2c1C. The van der Waals surface area contributed by atoms with Crippen molar-refractivity contribution in [2.75, 3.05) is 26.2 Å². The van der Waals surface area contributed by atoms with Crippen LogP contribution >= 0.6 is 0 Å². The molecule has 6 heteroatoms. The number of carbonyl (C=O) groups excluding carboxylic acids is 1. The number of hydrogen-bond donors (Lipinski definition) is 2. The highest BCUT2D eigenvalue weighted by molar-refractivity contribution is 5.83. The average Bonchev–Trinajstić information content (AvgIpc) is 3.33. The van der Waals surface area contributed by atoms with Gasteiger partial charge in [-0.3, -0.25) is 4.79 Å². The van der Waals surface area contributed by atoms with Gasteiger partial charge in [0.25, 0.3) is 5.56 Å². The predicted molar refractivity (Wildman–Crippen MR) is 129 cm³/mol. The second kappa shape index (κ2) is 10.0. The number of amides is 2. The third-order valence-corrected chi connectivity index (χ3v) is 6.45. The fraction of sp³-hybridized carbons (Fsp3) is 0.385. The number of nitrogens with zero attached hydrogens (tertiary/aromatic N) is 2. The number of nitrogens with one attached hydrogen (secondary N) is 2. The number of aromatic nitrogens is 1. The highest BCUT2D eigenvalue weighted by Crippen LogP contribution is 2.19. The van der Waals surface area contributed by atoms with Gasteiger partial charge in [0.2, 0.25) is 0 Å². The maximum atomic E-state index is 13.1. The van der Waals surface area contributed by atoms with Crippen LogP contribution in [-0.2, 0) is 13.1 Å². The van der Waals surface area contributed by atoms with Crippen molar-refractivity contribution >= 4 is 16.9 Å². The van der Waals surface area contributed by atoms with Crippen molar-refractivity contribution in [3.63, 3.8) is 0 Å². The molecule has 1 fully saturated rings. The van der Waals surface area contributed by atoms with E-state index in [0.29, 0.717) is 18.7 Å². The number of rotatable bonds is 7. The summed E-state index contributed by atoms with van der Waals surface area (Å²) in [5, 5.41) is 4.02. The van der Waals surface area contributed by atoms with Gasteiger partial charge in [0.05, 0.1) is 12.1 Å². The molecule has 2 N–H and O–H groups in total. The van der Waals surface area contributed by atoms with E-state index in [1.54, 1.807) is 4.90 Å². The van der Waals surface area contributed by atoms with Gasteiger partial charge in [-0.2, -0.15) is 0 Å². The first-order valence-corrected chi connectivity index (χ1v) is 11.4. The van der Waals surface area contributed by atoms with E-state index < -0.39 is 0 Å². The van der Waals surface area contributed by atoms with Crippen LogP contribution in [0.1, 0.15) is 35.1 Å². The zero-order valence-electron chi connectivity index (χ0n) is 19.0. The number of likely N-dealkylation sites (tertiary alicyclic amines) is 1. The molecule has 6 nitrogen and oxygen atoms in total. The summed E-state index contributed by atoms with van der Waals surface area (Å²) in [7, 11) is 0. The average molecular weight is 433 g/mol. The van der Waals surface area contributed by atoms with Gasteiger partial charge in [-0.1, -0.05) is 42.5 Å². The zero-order chi connectivity index (χ0) is 22.5. The molecule has 2 heterocycles. The molecule has 0 saturated carbocycles. The van der Waals surface area contributed by atoms with Crippen LogP contribution < -0.4 is 10.9 Å². The summed E-state index contributed by atoms with van der Waals surface area (Å²) in [6.07, 6.45) is 2.42. The van der Waals surface area contributed by atoms with E-state index in [1.165, 1.54) is 12.8 Å². The molecule has 2 amide bonds. The van der Waals surface area contributed by atoms with Crippen molar-refractivity contribution in [2.24, 2.45) is 0 Å². The van der Waals surface area contributed by atoms with Crippen molar-refractivity contribution < 1.29 is 4.79 Å². The molecule has 3 aromatic rings. The topological polar surface area (TPSA) is 68.4 Å². The van der Waals surface area contributed by atoms with Crippen molar-refractivity contribution in [3.8, 4) is 0 Å². The molecule has 2 aromatic carbocycles. The van der Waals surface area contributed by atoms with Gasteiger partial charge >= 0.3 is 6.03 Å². The minimum atomic E-state index is -0.146. The number of fused-ring (bicyclic) bond motifs is 1. The van der Waals surface area contributed by atoms with Crippen molar-refractivity contribution in [1.29, 1.82) is 0 Å². The van der Waals surface area contributed by atoms with Crippen LogP contribution in [0.2, 0.25) is 0 Å². The van der Waals surface area contributed by atoms with Gasteiger partial charge in [-0.05, 0) is 67.9 Å². The summed E-state index contributed by atoms with van der Waals surface area (Å²) in [5.41, 5.74) is 4.63. The summed E-state index contributed by atoms with van der Waals surface area (Å²) in [4.78, 5) is 33.1. The first kappa shape index (κ1) is 22.1. The van der Waals surface area contributed by atoms with Crippen LogP contribution in [0.5, 0.6) is 0 Å².